The van der Waals surface area contributed by atoms with Gasteiger partial charge in [-0.2, -0.15) is 0 Å². The van der Waals surface area contributed by atoms with Crippen LogP contribution in [-0.4, -0.2) is 33.0 Å². The van der Waals surface area contributed by atoms with Gasteiger partial charge in [0.25, 0.3) is 0 Å². The summed E-state index contributed by atoms with van der Waals surface area (Å²) in [4.78, 5) is 12.9. The van der Waals surface area contributed by atoms with Crippen LogP contribution in [0.3, 0.4) is 0 Å². The van der Waals surface area contributed by atoms with E-state index in [4.69, 9.17) is 4.74 Å². The second kappa shape index (κ2) is 11.4. The average molecular weight is 529 g/mol. The number of benzene rings is 3. The van der Waals surface area contributed by atoms with E-state index in [9.17, 15) is 4.79 Å². The number of anilines is 1. The molecule has 0 aliphatic carbocycles. The third-order valence-electron chi connectivity index (χ3n) is 6.32. The molecule has 1 amide bonds. The summed E-state index contributed by atoms with van der Waals surface area (Å²) < 4.78 is 7.63. The Hall–Kier alpha value is -3.58. The fraction of sp³-hybridized carbons (Fsp3) is 0.323. The average Bonchev–Trinajstić information content (AvgIpc) is 3.29. The Labute approximate surface area is 229 Å². The highest BCUT2D eigenvalue weighted by Crippen LogP contribution is 2.31. The SMILES string of the molecule is CCOc1ccc(-n2c(SCC(=O)Nc3c(C)cc(C)cc3C)nnc2-c2ccc(C(C)(C)C)cc2)cc1. The van der Waals surface area contributed by atoms with E-state index in [0.29, 0.717) is 11.8 Å². The van der Waals surface area contributed by atoms with Crippen molar-refractivity contribution >= 4 is 23.4 Å². The van der Waals surface area contributed by atoms with Gasteiger partial charge >= 0.3 is 0 Å². The molecule has 0 unspecified atom stereocenters. The molecular weight excluding hydrogens is 492 g/mol. The van der Waals surface area contributed by atoms with Gasteiger partial charge in [0.2, 0.25) is 5.91 Å². The van der Waals surface area contributed by atoms with Gasteiger partial charge in [0.1, 0.15) is 5.75 Å². The molecule has 0 atom stereocenters. The Bertz CT molecular complexity index is 1400. The van der Waals surface area contributed by atoms with Crippen LogP contribution >= 0.6 is 11.8 Å². The molecule has 7 heteroatoms. The van der Waals surface area contributed by atoms with Crippen molar-refractivity contribution in [2.75, 3.05) is 17.7 Å². The summed E-state index contributed by atoms with van der Waals surface area (Å²) in [6, 6.07) is 20.5. The van der Waals surface area contributed by atoms with Gasteiger partial charge in [-0.25, -0.2) is 0 Å². The Morgan fingerprint density at radius 2 is 1.58 bits per heavy atom. The molecule has 0 spiro atoms. The van der Waals surface area contributed by atoms with Gasteiger partial charge in [0.15, 0.2) is 11.0 Å². The Balaban J connectivity index is 1.63. The molecule has 198 valence electrons. The van der Waals surface area contributed by atoms with Crippen LogP contribution in [0.4, 0.5) is 5.69 Å². The van der Waals surface area contributed by atoms with Crippen LogP contribution in [0.25, 0.3) is 17.1 Å². The summed E-state index contributed by atoms with van der Waals surface area (Å²) in [6.07, 6.45) is 0. The largest absolute Gasteiger partial charge is 0.494 e. The summed E-state index contributed by atoms with van der Waals surface area (Å²) in [5.41, 5.74) is 7.33. The lowest BCUT2D eigenvalue weighted by Gasteiger charge is -2.19. The minimum atomic E-state index is -0.0811. The molecule has 4 rings (SSSR count). The number of nitrogens with zero attached hydrogens (tertiary/aromatic N) is 3. The van der Waals surface area contributed by atoms with Crippen LogP contribution in [-0.2, 0) is 10.2 Å². The van der Waals surface area contributed by atoms with Gasteiger partial charge in [0.05, 0.1) is 12.4 Å². The topological polar surface area (TPSA) is 69.0 Å². The summed E-state index contributed by atoms with van der Waals surface area (Å²) in [5.74, 6) is 1.66. The molecule has 0 fully saturated rings. The maximum atomic E-state index is 12.9. The van der Waals surface area contributed by atoms with Crippen LogP contribution in [0, 0.1) is 20.8 Å². The number of amides is 1. The zero-order chi connectivity index (χ0) is 27.4. The molecule has 0 bridgehead atoms. The lowest BCUT2D eigenvalue weighted by molar-refractivity contribution is -0.113. The molecule has 0 saturated heterocycles. The fourth-order valence-electron chi connectivity index (χ4n) is 4.44. The third-order valence-corrected chi connectivity index (χ3v) is 7.25. The second-order valence-electron chi connectivity index (χ2n) is 10.5. The van der Waals surface area contributed by atoms with Crippen molar-refractivity contribution in [1.29, 1.82) is 0 Å². The first kappa shape index (κ1) is 27.5. The summed E-state index contributed by atoms with van der Waals surface area (Å²) in [6.45, 7) is 15.3. The molecule has 1 heterocycles. The molecule has 3 aromatic carbocycles. The number of carbonyl (C=O) groups is 1. The highest BCUT2D eigenvalue weighted by atomic mass is 32.2. The van der Waals surface area contributed by atoms with Gasteiger partial charge in [0, 0.05) is 16.9 Å². The van der Waals surface area contributed by atoms with Crippen LogP contribution in [0.5, 0.6) is 5.75 Å². The van der Waals surface area contributed by atoms with E-state index in [2.05, 4.69) is 79.6 Å². The lowest BCUT2D eigenvalue weighted by Crippen LogP contribution is -2.16. The number of hydrogen-bond acceptors (Lipinski definition) is 5. The minimum Gasteiger partial charge on any atom is -0.494 e. The van der Waals surface area contributed by atoms with E-state index < -0.39 is 0 Å². The van der Waals surface area contributed by atoms with E-state index >= 15 is 0 Å². The van der Waals surface area contributed by atoms with E-state index in [1.165, 1.54) is 22.9 Å². The van der Waals surface area contributed by atoms with E-state index in [1.54, 1.807) is 0 Å². The van der Waals surface area contributed by atoms with Crippen LogP contribution in [0.2, 0.25) is 0 Å². The first-order chi connectivity index (χ1) is 18.1. The van der Waals surface area contributed by atoms with Gasteiger partial charge in [-0.1, -0.05) is 74.5 Å². The lowest BCUT2D eigenvalue weighted by atomic mass is 9.87. The van der Waals surface area contributed by atoms with Crippen molar-refractivity contribution < 1.29 is 9.53 Å². The van der Waals surface area contributed by atoms with Crippen molar-refractivity contribution in [2.24, 2.45) is 0 Å². The summed E-state index contributed by atoms with van der Waals surface area (Å²) in [7, 11) is 0. The predicted octanol–water partition coefficient (Wildman–Crippen LogP) is 7.29. The number of aromatic nitrogens is 3. The van der Waals surface area contributed by atoms with Gasteiger partial charge in [-0.05, 0) is 74.1 Å². The molecule has 38 heavy (non-hydrogen) atoms. The van der Waals surface area contributed by atoms with Gasteiger partial charge < -0.3 is 10.1 Å². The molecule has 0 saturated carbocycles. The maximum absolute atomic E-state index is 12.9. The Kier molecular flexibility index (Phi) is 8.26. The molecular formula is C31H36N4O2S. The molecule has 0 aliphatic heterocycles. The zero-order valence-electron chi connectivity index (χ0n) is 23.3. The molecule has 1 aromatic heterocycles. The summed E-state index contributed by atoms with van der Waals surface area (Å²) >= 11 is 1.37. The first-order valence-corrected chi connectivity index (χ1v) is 13.9. The van der Waals surface area contributed by atoms with Crippen LogP contribution in [0.15, 0.2) is 65.8 Å². The highest BCUT2D eigenvalue weighted by molar-refractivity contribution is 7.99. The second-order valence-corrected chi connectivity index (χ2v) is 11.4. The number of carbonyl (C=O) groups excluding carboxylic acids is 1. The number of rotatable bonds is 8. The van der Waals surface area contributed by atoms with Crippen molar-refractivity contribution in [2.45, 2.75) is 59.0 Å². The van der Waals surface area contributed by atoms with Crippen LogP contribution < -0.4 is 10.1 Å². The van der Waals surface area contributed by atoms with E-state index in [-0.39, 0.29) is 17.1 Å². The Morgan fingerprint density at radius 1 is 0.947 bits per heavy atom. The summed E-state index contributed by atoms with van der Waals surface area (Å²) in [5, 5.41) is 12.8. The van der Waals surface area contributed by atoms with E-state index in [0.717, 1.165) is 39.6 Å². The number of ether oxygens (including phenoxy) is 1. The normalized spacial score (nSPS) is 11.4. The quantitative estimate of drug-likeness (QED) is 0.243. The first-order valence-electron chi connectivity index (χ1n) is 12.9. The number of hydrogen-bond donors (Lipinski definition) is 1. The molecule has 0 aliphatic rings. The fourth-order valence-corrected chi connectivity index (χ4v) is 5.20. The predicted molar refractivity (Wildman–Crippen MR) is 157 cm³/mol. The van der Waals surface area contributed by atoms with Gasteiger partial charge in [-0.3, -0.25) is 9.36 Å². The molecule has 1 N–H and O–H groups in total. The highest BCUT2D eigenvalue weighted by Gasteiger charge is 2.19. The number of nitrogens with one attached hydrogen (secondary N) is 1. The van der Waals surface area contributed by atoms with Crippen LogP contribution in [0.1, 0.15) is 49.9 Å². The van der Waals surface area contributed by atoms with Crippen molar-refractivity contribution in [1.82, 2.24) is 14.8 Å². The zero-order valence-corrected chi connectivity index (χ0v) is 24.1. The minimum absolute atomic E-state index is 0.0594. The Morgan fingerprint density at radius 3 is 2.16 bits per heavy atom. The molecule has 0 radical (unpaired) electrons. The third kappa shape index (κ3) is 6.27. The monoisotopic (exact) mass is 528 g/mol. The number of aryl methyl sites for hydroxylation is 3. The molecule has 6 nitrogen and oxygen atoms in total. The van der Waals surface area contributed by atoms with Crippen molar-refractivity contribution in [3.63, 3.8) is 0 Å². The number of thioether (sulfide) groups is 1. The van der Waals surface area contributed by atoms with Crippen molar-refractivity contribution in [3.05, 3.63) is 82.9 Å². The standard InChI is InChI=1S/C31H36N4O2S/c1-8-37-26-15-13-25(14-16-26)35-29(23-9-11-24(12-10-23)31(5,6)7)33-34-30(35)38-19-27(36)32-28-21(3)17-20(2)18-22(28)4/h9-18H,8,19H2,1-7H3,(H,32,36). The van der Waals surface area contributed by atoms with Crippen molar-refractivity contribution in [3.8, 4) is 22.8 Å². The smallest absolute Gasteiger partial charge is 0.234 e. The van der Waals surface area contributed by atoms with E-state index in [1.807, 2.05) is 49.6 Å². The van der Waals surface area contributed by atoms with Gasteiger partial charge in [-0.15, -0.1) is 10.2 Å². The maximum Gasteiger partial charge on any atom is 0.234 e. The molecule has 4 aromatic rings.